The van der Waals surface area contributed by atoms with Crippen molar-refractivity contribution in [1.82, 2.24) is 0 Å². The van der Waals surface area contributed by atoms with Gasteiger partial charge in [-0.15, -0.1) is 0 Å². The fraction of sp³-hybridized carbons (Fsp3) is 0. The molecule has 0 unspecified atom stereocenters. The van der Waals surface area contributed by atoms with Crippen molar-refractivity contribution in [2.24, 2.45) is 0 Å². The van der Waals surface area contributed by atoms with Crippen LogP contribution >= 0.6 is 11.6 Å². The molecule has 0 aliphatic heterocycles. The molecule has 108 valence electrons. The summed E-state index contributed by atoms with van der Waals surface area (Å²) in [6.07, 6.45) is 0. The lowest BCUT2D eigenvalue weighted by Crippen LogP contribution is -2.14. The van der Waals surface area contributed by atoms with Crippen LogP contribution < -0.4 is 5.32 Å². The van der Waals surface area contributed by atoms with Crippen molar-refractivity contribution in [1.29, 1.82) is 0 Å². The average molecular weight is 312 g/mol. The fourth-order valence-electron chi connectivity index (χ4n) is 1.64. The molecule has 2 aromatic rings. The van der Waals surface area contributed by atoms with Crippen LogP contribution in [-0.2, 0) is 0 Å². The first-order valence-electron chi connectivity index (χ1n) is 5.68. The molecule has 0 saturated carbocycles. The third kappa shape index (κ3) is 3.17. The standard InChI is InChI=1S/C14H8ClF2NO3/c15-10-3-1-2-9(12(10)17)13(19)18-7-4-5-8(14(20)21)11(16)6-7/h1-6H,(H,18,19)(H,20,21). The SMILES string of the molecule is O=C(O)c1ccc(NC(=O)c2cccc(Cl)c2F)cc1F. The van der Waals surface area contributed by atoms with Crippen LogP contribution in [0, 0.1) is 11.6 Å². The Kier molecular flexibility index (Phi) is 4.18. The number of rotatable bonds is 3. The second-order valence-corrected chi connectivity index (χ2v) is 4.46. The summed E-state index contributed by atoms with van der Waals surface area (Å²) >= 11 is 5.56. The van der Waals surface area contributed by atoms with E-state index in [2.05, 4.69) is 5.32 Å². The number of nitrogens with one attached hydrogen (secondary N) is 1. The molecule has 7 heteroatoms. The smallest absolute Gasteiger partial charge is 0.338 e. The molecule has 0 bridgehead atoms. The van der Waals surface area contributed by atoms with E-state index in [0.29, 0.717) is 0 Å². The van der Waals surface area contributed by atoms with Gasteiger partial charge in [0.15, 0.2) is 5.82 Å². The number of hydrogen-bond acceptors (Lipinski definition) is 2. The molecule has 0 spiro atoms. The van der Waals surface area contributed by atoms with Gasteiger partial charge >= 0.3 is 5.97 Å². The van der Waals surface area contributed by atoms with Crippen molar-refractivity contribution in [3.05, 3.63) is 64.2 Å². The number of carbonyl (C=O) groups is 2. The first kappa shape index (κ1) is 14.9. The summed E-state index contributed by atoms with van der Waals surface area (Å²) < 4.78 is 27.1. The summed E-state index contributed by atoms with van der Waals surface area (Å²) in [6.45, 7) is 0. The van der Waals surface area contributed by atoms with E-state index < -0.39 is 29.1 Å². The average Bonchev–Trinajstić information content (AvgIpc) is 2.41. The summed E-state index contributed by atoms with van der Waals surface area (Å²) in [5.74, 6) is -4.14. The van der Waals surface area contributed by atoms with Crippen molar-refractivity contribution in [3.8, 4) is 0 Å². The number of anilines is 1. The zero-order valence-electron chi connectivity index (χ0n) is 10.4. The number of carbonyl (C=O) groups excluding carboxylic acids is 1. The van der Waals surface area contributed by atoms with Crippen LogP contribution in [0.5, 0.6) is 0 Å². The number of amides is 1. The molecule has 0 aliphatic rings. The number of halogens is 3. The van der Waals surface area contributed by atoms with Crippen LogP contribution in [0.2, 0.25) is 5.02 Å². The Morgan fingerprint density at radius 3 is 2.43 bits per heavy atom. The summed E-state index contributed by atoms with van der Waals surface area (Å²) in [4.78, 5) is 22.5. The zero-order chi connectivity index (χ0) is 15.6. The normalized spacial score (nSPS) is 10.2. The number of carboxylic acids is 1. The fourth-order valence-corrected chi connectivity index (χ4v) is 1.82. The van der Waals surface area contributed by atoms with E-state index in [-0.39, 0.29) is 16.3 Å². The van der Waals surface area contributed by atoms with Crippen molar-refractivity contribution >= 4 is 29.2 Å². The molecule has 4 nitrogen and oxygen atoms in total. The van der Waals surface area contributed by atoms with Gasteiger partial charge in [0, 0.05) is 5.69 Å². The van der Waals surface area contributed by atoms with Gasteiger partial charge in [0.25, 0.3) is 5.91 Å². The van der Waals surface area contributed by atoms with Gasteiger partial charge in [-0.1, -0.05) is 17.7 Å². The topological polar surface area (TPSA) is 66.4 Å². The minimum absolute atomic E-state index is 0.00174. The lowest BCUT2D eigenvalue weighted by molar-refractivity contribution is 0.0692. The maximum atomic E-state index is 13.7. The highest BCUT2D eigenvalue weighted by atomic mass is 35.5. The molecule has 0 saturated heterocycles. The molecule has 2 aromatic carbocycles. The molecular formula is C14H8ClF2NO3. The lowest BCUT2D eigenvalue weighted by atomic mass is 10.1. The van der Waals surface area contributed by atoms with Crippen LogP contribution in [-0.4, -0.2) is 17.0 Å². The predicted molar refractivity (Wildman–Crippen MR) is 72.7 cm³/mol. The Labute approximate surface area is 123 Å². The molecular weight excluding hydrogens is 304 g/mol. The predicted octanol–water partition coefficient (Wildman–Crippen LogP) is 3.57. The van der Waals surface area contributed by atoms with E-state index in [0.717, 1.165) is 12.1 Å². The van der Waals surface area contributed by atoms with Gasteiger partial charge < -0.3 is 10.4 Å². The molecule has 0 radical (unpaired) electrons. The molecule has 21 heavy (non-hydrogen) atoms. The van der Waals surface area contributed by atoms with Gasteiger partial charge in [-0.2, -0.15) is 0 Å². The summed E-state index contributed by atoms with van der Waals surface area (Å²) in [7, 11) is 0. The Morgan fingerprint density at radius 2 is 1.81 bits per heavy atom. The Hall–Kier alpha value is -2.47. The molecule has 2 N–H and O–H groups in total. The van der Waals surface area contributed by atoms with Crippen LogP contribution in [0.4, 0.5) is 14.5 Å². The van der Waals surface area contributed by atoms with Crippen molar-refractivity contribution in [2.45, 2.75) is 0 Å². The van der Waals surface area contributed by atoms with E-state index in [1.54, 1.807) is 0 Å². The number of benzene rings is 2. The van der Waals surface area contributed by atoms with E-state index >= 15 is 0 Å². The third-order valence-corrected chi connectivity index (χ3v) is 2.95. The minimum atomic E-state index is -1.42. The maximum absolute atomic E-state index is 13.7. The highest BCUT2D eigenvalue weighted by Gasteiger charge is 2.16. The molecule has 1 amide bonds. The monoisotopic (exact) mass is 311 g/mol. The van der Waals surface area contributed by atoms with Gasteiger partial charge in [-0.3, -0.25) is 4.79 Å². The van der Waals surface area contributed by atoms with Crippen molar-refractivity contribution in [2.75, 3.05) is 5.32 Å². The van der Waals surface area contributed by atoms with Crippen LogP contribution in [0.1, 0.15) is 20.7 Å². The van der Waals surface area contributed by atoms with E-state index in [9.17, 15) is 18.4 Å². The van der Waals surface area contributed by atoms with Crippen molar-refractivity contribution < 1.29 is 23.5 Å². The highest BCUT2D eigenvalue weighted by molar-refractivity contribution is 6.31. The molecule has 0 aromatic heterocycles. The minimum Gasteiger partial charge on any atom is -0.478 e. The largest absolute Gasteiger partial charge is 0.478 e. The van der Waals surface area contributed by atoms with Crippen molar-refractivity contribution in [3.63, 3.8) is 0 Å². The van der Waals surface area contributed by atoms with Crippen LogP contribution in [0.25, 0.3) is 0 Å². The number of aromatic carboxylic acids is 1. The summed E-state index contributed by atoms with van der Waals surface area (Å²) in [5, 5.41) is 10.7. The Balaban J connectivity index is 2.26. The lowest BCUT2D eigenvalue weighted by Gasteiger charge is -2.07. The number of carboxylic acid groups (broad SMARTS) is 1. The molecule has 0 atom stereocenters. The third-order valence-electron chi connectivity index (χ3n) is 2.65. The van der Waals surface area contributed by atoms with E-state index in [1.165, 1.54) is 24.3 Å². The summed E-state index contributed by atoms with van der Waals surface area (Å²) in [6, 6.07) is 6.94. The first-order chi connectivity index (χ1) is 9.90. The van der Waals surface area contributed by atoms with E-state index in [1.807, 2.05) is 0 Å². The highest BCUT2D eigenvalue weighted by Crippen LogP contribution is 2.20. The van der Waals surface area contributed by atoms with Gasteiger partial charge in [0.2, 0.25) is 0 Å². The second kappa shape index (κ2) is 5.88. The molecule has 0 fully saturated rings. The molecule has 0 aliphatic carbocycles. The molecule has 0 heterocycles. The van der Waals surface area contributed by atoms with Crippen LogP contribution in [0.15, 0.2) is 36.4 Å². The molecule has 2 rings (SSSR count). The zero-order valence-corrected chi connectivity index (χ0v) is 11.1. The van der Waals surface area contributed by atoms with Gasteiger partial charge in [-0.05, 0) is 30.3 Å². The Bertz CT molecular complexity index is 734. The first-order valence-corrected chi connectivity index (χ1v) is 6.06. The Morgan fingerprint density at radius 1 is 1.10 bits per heavy atom. The van der Waals surface area contributed by atoms with Crippen LogP contribution in [0.3, 0.4) is 0 Å². The second-order valence-electron chi connectivity index (χ2n) is 4.06. The summed E-state index contributed by atoms with van der Waals surface area (Å²) in [5.41, 5.74) is -0.825. The maximum Gasteiger partial charge on any atom is 0.338 e. The quantitative estimate of drug-likeness (QED) is 0.910. The van der Waals surface area contributed by atoms with Gasteiger partial charge in [0.05, 0.1) is 16.1 Å². The number of hydrogen-bond donors (Lipinski definition) is 2. The van der Waals surface area contributed by atoms with Gasteiger partial charge in [-0.25, -0.2) is 13.6 Å². The van der Waals surface area contributed by atoms with Gasteiger partial charge in [0.1, 0.15) is 5.82 Å². The van der Waals surface area contributed by atoms with E-state index in [4.69, 9.17) is 16.7 Å².